The lowest BCUT2D eigenvalue weighted by molar-refractivity contribution is -0.137. The van der Waals surface area contributed by atoms with E-state index in [9.17, 15) is 13.2 Å². The molecule has 0 atom stereocenters. The number of fused-ring (bicyclic) bond motifs is 1. The summed E-state index contributed by atoms with van der Waals surface area (Å²) < 4.78 is 45.5. The first-order chi connectivity index (χ1) is 10.5. The molecule has 122 valence electrons. The lowest BCUT2D eigenvalue weighted by Crippen LogP contribution is -2.05. The molecule has 2 aromatic rings. The van der Waals surface area contributed by atoms with E-state index in [1.165, 1.54) is 12.1 Å². The van der Waals surface area contributed by atoms with Crippen LogP contribution in [0.25, 0.3) is 11.0 Å². The Morgan fingerprint density at radius 3 is 2.73 bits per heavy atom. The molecule has 1 aromatic heterocycles. The molecule has 3 nitrogen and oxygen atoms in total. The highest BCUT2D eigenvalue weighted by Crippen LogP contribution is 2.33. The fourth-order valence-electron chi connectivity index (χ4n) is 2.19. The van der Waals surface area contributed by atoms with Crippen LogP contribution in [0.5, 0.6) is 0 Å². The quantitative estimate of drug-likeness (QED) is 0.548. The first kappa shape index (κ1) is 17.1. The second kappa shape index (κ2) is 7.37. The molecule has 0 bridgehead atoms. The van der Waals surface area contributed by atoms with Crippen molar-refractivity contribution in [3.05, 3.63) is 23.8 Å². The first-order valence-corrected chi connectivity index (χ1v) is 8.15. The molecule has 0 unspecified atom stereocenters. The molecule has 0 aliphatic rings. The van der Waals surface area contributed by atoms with Crippen LogP contribution >= 0.6 is 11.8 Å². The summed E-state index contributed by atoms with van der Waals surface area (Å²) in [4.78, 5) is 4.47. The average molecular weight is 332 g/mol. The third kappa shape index (κ3) is 3.95. The maximum absolute atomic E-state index is 12.9. The highest BCUT2D eigenvalue weighted by Gasteiger charge is 2.31. The van der Waals surface area contributed by atoms with E-state index in [1.807, 2.05) is 11.5 Å². The Bertz CT molecular complexity index is 625. The number of ether oxygens (including phenoxy) is 1. The van der Waals surface area contributed by atoms with Gasteiger partial charge in [0, 0.05) is 26.0 Å². The molecule has 1 aromatic carbocycles. The van der Waals surface area contributed by atoms with Crippen LogP contribution < -0.4 is 0 Å². The Kier molecular flexibility index (Phi) is 5.74. The van der Waals surface area contributed by atoms with Crippen molar-refractivity contribution in [2.75, 3.05) is 19.5 Å². The second-order valence-electron chi connectivity index (χ2n) is 4.94. The van der Waals surface area contributed by atoms with Crippen molar-refractivity contribution >= 4 is 22.8 Å². The Morgan fingerprint density at radius 2 is 2.09 bits per heavy atom. The van der Waals surface area contributed by atoms with Crippen LogP contribution in [0.1, 0.15) is 25.3 Å². The molecule has 22 heavy (non-hydrogen) atoms. The van der Waals surface area contributed by atoms with Gasteiger partial charge in [0.15, 0.2) is 5.16 Å². The number of aromatic nitrogens is 2. The zero-order valence-corrected chi connectivity index (χ0v) is 13.4. The van der Waals surface area contributed by atoms with Crippen molar-refractivity contribution in [3.63, 3.8) is 0 Å². The summed E-state index contributed by atoms with van der Waals surface area (Å²) in [5.41, 5.74) is 0.523. The van der Waals surface area contributed by atoms with Gasteiger partial charge in [-0.25, -0.2) is 4.98 Å². The SMILES string of the molecule is CCCn1c(SCCCOC)nc2ccc(C(F)(F)F)cc21. The fraction of sp³-hybridized carbons (Fsp3) is 0.533. The van der Waals surface area contributed by atoms with Gasteiger partial charge < -0.3 is 9.30 Å². The summed E-state index contributed by atoms with van der Waals surface area (Å²) in [6, 6.07) is 3.73. The number of methoxy groups -OCH3 is 1. The number of hydrogen-bond donors (Lipinski definition) is 0. The Balaban J connectivity index is 2.33. The van der Waals surface area contributed by atoms with Crippen LogP contribution in [0.3, 0.4) is 0 Å². The van der Waals surface area contributed by atoms with Crippen LogP contribution in [0.4, 0.5) is 13.2 Å². The maximum Gasteiger partial charge on any atom is 0.416 e. The number of imidazole rings is 1. The number of benzene rings is 1. The van der Waals surface area contributed by atoms with E-state index in [0.717, 1.165) is 29.8 Å². The van der Waals surface area contributed by atoms with Gasteiger partial charge >= 0.3 is 6.18 Å². The van der Waals surface area contributed by atoms with E-state index >= 15 is 0 Å². The molecular weight excluding hydrogens is 313 g/mol. The molecule has 0 saturated carbocycles. The number of thioether (sulfide) groups is 1. The van der Waals surface area contributed by atoms with E-state index in [2.05, 4.69) is 4.98 Å². The number of aryl methyl sites for hydroxylation is 1. The van der Waals surface area contributed by atoms with Gasteiger partial charge in [-0.1, -0.05) is 18.7 Å². The normalized spacial score (nSPS) is 12.2. The van der Waals surface area contributed by atoms with Crippen molar-refractivity contribution in [3.8, 4) is 0 Å². The lowest BCUT2D eigenvalue weighted by Gasteiger charge is -2.09. The Morgan fingerprint density at radius 1 is 1.32 bits per heavy atom. The molecule has 1 heterocycles. The van der Waals surface area contributed by atoms with Gasteiger partial charge in [0.1, 0.15) is 0 Å². The van der Waals surface area contributed by atoms with Crippen molar-refractivity contribution in [1.82, 2.24) is 9.55 Å². The number of halogens is 3. The molecule has 0 N–H and O–H groups in total. The smallest absolute Gasteiger partial charge is 0.385 e. The minimum absolute atomic E-state index is 0.547. The van der Waals surface area contributed by atoms with Crippen LogP contribution in [0.2, 0.25) is 0 Å². The highest BCUT2D eigenvalue weighted by molar-refractivity contribution is 7.99. The van der Waals surface area contributed by atoms with Gasteiger partial charge in [-0.3, -0.25) is 0 Å². The molecule has 0 aliphatic carbocycles. The molecule has 0 amide bonds. The fourth-order valence-corrected chi connectivity index (χ4v) is 3.15. The second-order valence-corrected chi connectivity index (χ2v) is 6.00. The van der Waals surface area contributed by atoms with Crippen molar-refractivity contribution < 1.29 is 17.9 Å². The zero-order chi connectivity index (χ0) is 16.2. The maximum atomic E-state index is 12.9. The molecule has 7 heteroatoms. The van der Waals surface area contributed by atoms with Gasteiger partial charge in [-0.15, -0.1) is 0 Å². The molecule has 0 saturated heterocycles. The molecular formula is C15H19F3N2OS. The minimum atomic E-state index is -4.33. The van der Waals surface area contributed by atoms with Crippen LogP contribution in [-0.2, 0) is 17.5 Å². The minimum Gasteiger partial charge on any atom is -0.385 e. The predicted octanol–water partition coefficient (Wildman–Crippen LogP) is 4.59. The van der Waals surface area contributed by atoms with Gasteiger partial charge in [0.25, 0.3) is 0 Å². The summed E-state index contributed by atoms with van der Waals surface area (Å²) in [5.74, 6) is 0.826. The van der Waals surface area contributed by atoms with E-state index in [-0.39, 0.29) is 0 Å². The molecule has 0 spiro atoms. The largest absolute Gasteiger partial charge is 0.416 e. The third-order valence-corrected chi connectivity index (χ3v) is 4.27. The van der Waals surface area contributed by atoms with Gasteiger partial charge in [-0.2, -0.15) is 13.2 Å². The van der Waals surface area contributed by atoms with Crippen LogP contribution in [-0.4, -0.2) is 29.0 Å². The van der Waals surface area contributed by atoms with E-state index in [0.29, 0.717) is 24.2 Å². The number of hydrogen-bond acceptors (Lipinski definition) is 3. The van der Waals surface area contributed by atoms with Gasteiger partial charge in [-0.05, 0) is 31.0 Å². The van der Waals surface area contributed by atoms with E-state index in [4.69, 9.17) is 4.74 Å². The number of nitrogens with zero attached hydrogens (tertiary/aromatic N) is 2. The molecule has 0 fully saturated rings. The molecule has 0 radical (unpaired) electrons. The summed E-state index contributed by atoms with van der Waals surface area (Å²) in [7, 11) is 1.65. The Labute approximate surface area is 131 Å². The summed E-state index contributed by atoms with van der Waals surface area (Å²) in [6.07, 6.45) is -2.61. The Hall–Kier alpha value is -1.21. The molecule has 2 rings (SSSR count). The summed E-state index contributed by atoms with van der Waals surface area (Å²) in [6.45, 7) is 3.32. The first-order valence-electron chi connectivity index (χ1n) is 7.16. The van der Waals surface area contributed by atoms with Crippen LogP contribution in [0, 0.1) is 0 Å². The van der Waals surface area contributed by atoms with E-state index < -0.39 is 11.7 Å². The van der Waals surface area contributed by atoms with Crippen molar-refractivity contribution in [2.24, 2.45) is 0 Å². The average Bonchev–Trinajstić information content (AvgIpc) is 2.80. The van der Waals surface area contributed by atoms with Crippen molar-refractivity contribution in [2.45, 2.75) is 37.6 Å². The van der Waals surface area contributed by atoms with Crippen LogP contribution in [0.15, 0.2) is 23.4 Å². The van der Waals surface area contributed by atoms with Gasteiger partial charge in [0.05, 0.1) is 16.6 Å². The standard InChI is InChI=1S/C15H19F3N2OS/c1-3-7-20-13-10-11(15(16,17)18)5-6-12(13)19-14(20)22-9-4-8-21-2/h5-6,10H,3-4,7-9H2,1-2H3. The monoisotopic (exact) mass is 332 g/mol. The third-order valence-electron chi connectivity index (χ3n) is 3.21. The molecule has 0 aliphatic heterocycles. The summed E-state index contributed by atoms with van der Waals surface area (Å²) >= 11 is 1.56. The zero-order valence-electron chi connectivity index (χ0n) is 12.6. The lowest BCUT2D eigenvalue weighted by atomic mass is 10.2. The topological polar surface area (TPSA) is 27.1 Å². The predicted molar refractivity (Wildman–Crippen MR) is 82.2 cm³/mol. The number of alkyl halides is 3. The van der Waals surface area contributed by atoms with Gasteiger partial charge in [0.2, 0.25) is 0 Å². The summed E-state index contributed by atoms with van der Waals surface area (Å²) in [5, 5.41) is 0.771. The van der Waals surface area contributed by atoms with Crippen molar-refractivity contribution in [1.29, 1.82) is 0 Å². The highest BCUT2D eigenvalue weighted by atomic mass is 32.2. The van der Waals surface area contributed by atoms with E-state index in [1.54, 1.807) is 18.9 Å². The number of rotatable bonds is 7.